The fourth-order valence-electron chi connectivity index (χ4n) is 2.17. The molecule has 1 heterocycles. The molecule has 1 saturated heterocycles. The topological polar surface area (TPSA) is 49.4 Å². The summed E-state index contributed by atoms with van der Waals surface area (Å²) in [4.78, 5) is 26.6. The number of rotatable bonds is 2. The highest BCUT2D eigenvalue weighted by Gasteiger charge is 2.36. The second kappa shape index (κ2) is 6.10. The number of thioether (sulfide) groups is 1. The molecule has 1 N–H and O–H groups in total. The quantitative estimate of drug-likeness (QED) is 0.913. The Bertz CT molecular complexity index is 534. The molecule has 0 unspecified atom stereocenters. The molecule has 1 fully saturated rings. The van der Waals surface area contributed by atoms with Crippen LogP contribution in [0, 0.1) is 6.92 Å². The maximum Gasteiger partial charge on any atom is 0.255 e. The van der Waals surface area contributed by atoms with E-state index in [9.17, 15) is 9.59 Å². The van der Waals surface area contributed by atoms with E-state index in [2.05, 4.69) is 5.32 Å². The summed E-state index contributed by atoms with van der Waals surface area (Å²) in [6.07, 6.45) is 0. The third kappa shape index (κ3) is 4.00. The number of carbonyl (C=O) groups excluding carboxylic acids is 2. The van der Waals surface area contributed by atoms with Crippen molar-refractivity contribution in [2.75, 3.05) is 11.6 Å². The summed E-state index contributed by atoms with van der Waals surface area (Å²) in [5.74, 6) is 1.07. The van der Waals surface area contributed by atoms with Crippen LogP contribution >= 0.6 is 11.8 Å². The lowest BCUT2D eigenvalue weighted by Gasteiger charge is -2.27. The summed E-state index contributed by atoms with van der Waals surface area (Å²) in [6.45, 7) is 7.82. The lowest BCUT2D eigenvalue weighted by molar-refractivity contribution is -0.125. The molecule has 0 aliphatic carbocycles. The molecule has 21 heavy (non-hydrogen) atoms. The van der Waals surface area contributed by atoms with Gasteiger partial charge < -0.3 is 10.2 Å². The van der Waals surface area contributed by atoms with Gasteiger partial charge in [-0.2, -0.15) is 0 Å². The molecule has 4 nitrogen and oxygen atoms in total. The van der Waals surface area contributed by atoms with Crippen LogP contribution in [0.25, 0.3) is 0 Å². The minimum atomic E-state index is -0.386. The predicted molar refractivity (Wildman–Crippen MR) is 86.4 cm³/mol. The monoisotopic (exact) mass is 306 g/mol. The van der Waals surface area contributed by atoms with Crippen LogP contribution < -0.4 is 5.32 Å². The Kier molecular flexibility index (Phi) is 4.61. The molecular formula is C16H22N2O2S. The standard InChI is InChI=1S/C16H22N2O2S/c1-11-5-7-12(8-6-11)15(20)18-10-21-9-13(18)14(19)17-16(2,3)4/h5-8,13H,9-10H2,1-4H3,(H,17,19)/t13-/m0/s1. The van der Waals surface area contributed by atoms with Gasteiger partial charge in [0.25, 0.3) is 5.91 Å². The van der Waals surface area contributed by atoms with Gasteiger partial charge in [-0.1, -0.05) is 17.7 Å². The molecule has 0 spiro atoms. The van der Waals surface area contributed by atoms with Crippen molar-refractivity contribution in [2.45, 2.75) is 39.3 Å². The third-order valence-corrected chi connectivity index (χ3v) is 4.25. The SMILES string of the molecule is Cc1ccc(C(=O)N2CSC[C@H]2C(=O)NC(C)(C)C)cc1. The molecule has 1 aromatic carbocycles. The molecule has 0 saturated carbocycles. The van der Waals surface area contributed by atoms with E-state index >= 15 is 0 Å². The second-order valence-corrected chi connectivity index (χ2v) is 7.40. The van der Waals surface area contributed by atoms with Gasteiger partial charge in [0, 0.05) is 16.9 Å². The van der Waals surface area contributed by atoms with E-state index in [1.54, 1.807) is 16.7 Å². The van der Waals surface area contributed by atoms with Crippen molar-refractivity contribution in [1.82, 2.24) is 10.2 Å². The van der Waals surface area contributed by atoms with Crippen LogP contribution in [0.3, 0.4) is 0 Å². The van der Waals surface area contributed by atoms with Gasteiger partial charge in [-0.25, -0.2) is 0 Å². The van der Waals surface area contributed by atoms with Crippen molar-refractivity contribution >= 4 is 23.6 Å². The Hall–Kier alpha value is -1.49. The first-order chi connectivity index (χ1) is 9.78. The van der Waals surface area contributed by atoms with E-state index < -0.39 is 0 Å². The van der Waals surface area contributed by atoms with Crippen molar-refractivity contribution in [3.8, 4) is 0 Å². The highest BCUT2D eigenvalue weighted by atomic mass is 32.2. The summed E-state index contributed by atoms with van der Waals surface area (Å²) in [6, 6.07) is 7.09. The molecule has 0 bridgehead atoms. The highest BCUT2D eigenvalue weighted by molar-refractivity contribution is 7.99. The summed E-state index contributed by atoms with van der Waals surface area (Å²) in [7, 11) is 0. The molecule has 1 atom stereocenters. The van der Waals surface area contributed by atoms with Crippen LogP contribution in [-0.4, -0.2) is 39.9 Å². The Morgan fingerprint density at radius 3 is 2.43 bits per heavy atom. The molecule has 5 heteroatoms. The smallest absolute Gasteiger partial charge is 0.255 e. The molecule has 2 amide bonds. The normalized spacial score (nSPS) is 18.7. The van der Waals surface area contributed by atoms with Crippen LogP contribution in [0.4, 0.5) is 0 Å². The Morgan fingerprint density at radius 1 is 1.24 bits per heavy atom. The minimum absolute atomic E-state index is 0.0749. The summed E-state index contributed by atoms with van der Waals surface area (Å²) >= 11 is 1.62. The summed E-state index contributed by atoms with van der Waals surface area (Å²) < 4.78 is 0. The van der Waals surface area contributed by atoms with Gasteiger partial charge in [0.05, 0.1) is 5.88 Å². The van der Waals surface area contributed by atoms with Crippen molar-refractivity contribution in [3.63, 3.8) is 0 Å². The number of amides is 2. The average Bonchev–Trinajstić information content (AvgIpc) is 2.86. The number of carbonyl (C=O) groups is 2. The number of hydrogen-bond donors (Lipinski definition) is 1. The molecule has 0 aromatic heterocycles. The largest absolute Gasteiger partial charge is 0.350 e. The van der Waals surface area contributed by atoms with E-state index in [0.29, 0.717) is 17.2 Å². The Morgan fingerprint density at radius 2 is 1.86 bits per heavy atom. The van der Waals surface area contributed by atoms with Gasteiger partial charge in [-0.15, -0.1) is 11.8 Å². The van der Waals surface area contributed by atoms with Crippen molar-refractivity contribution in [3.05, 3.63) is 35.4 Å². The molecule has 114 valence electrons. The zero-order chi connectivity index (χ0) is 15.6. The van der Waals surface area contributed by atoms with Gasteiger partial charge >= 0.3 is 0 Å². The maximum atomic E-state index is 12.6. The molecule has 1 aliphatic heterocycles. The van der Waals surface area contributed by atoms with E-state index in [-0.39, 0.29) is 23.4 Å². The molecule has 0 radical (unpaired) electrons. The molecule has 1 aromatic rings. The number of aryl methyl sites for hydroxylation is 1. The van der Waals surface area contributed by atoms with Crippen LogP contribution in [0.15, 0.2) is 24.3 Å². The first-order valence-electron chi connectivity index (χ1n) is 7.05. The van der Waals surface area contributed by atoms with Crippen LogP contribution in [0.1, 0.15) is 36.7 Å². The maximum absolute atomic E-state index is 12.6. The number of benzene rings is 1. The predicted octanol–water partition coefficient (Wildman–Crippen LogP) is 2.42. The minimum Gasteiger partial charge on any atom is -0.350 e. The van der Waals surface area contributed by atoms with E-state index in [1.165, 1.54) is 0 Å². The number of nitrogens with one attached hydrogen (secondary N) is 1. The van der Waals surface area contributed by atoms with Crippen molar-refractivity contribution in [2.24, 2.45) is 0 Å². The number of nitrogens with zero attached hydrogens (tertiary/aromatic N) is 1. The lowest BCUT2D eigenvalue weighted by atomic mass is 10.1. The second-order valence-electron chi connectivity index (χ2n) is 6.40. The fraction of sp³-hybridized carbons (Fsp3) is 0.500. The van der Waals surface area contributed by atoms with Gasteiger partial charge in [-0.05, 0) is 39.8 Å². The lowest BCUT2D eigenvalue weighted by Crippen LogP contribution is -2.52. The van der Waals surface area contributed by atoms with Gasteiger partial charge in [0.1, 0.15) is 6.04 Å². The number of hydrogen-bond acceptors (Lipinski definition) is 3. The third-order valence-electron chi connectivity index (χ3n) is 3.24. The average molecular weight is 306 g/mol. The molecule has 1 aliphatic rings. The van der Waals surface area contributed by atoms with Crippen LogP contribution in [0.5, 0.6) is 0 Å². The first kappa shape index (κ1) is 15.9. The van der Waals surface area contributed by atoms with Gasteiger partial charge in [0.2, 0.25) is 5.91 Å². The zero-order valence-corrected chi connectivity index (χ0v) is 13.8. The van der Waals surface area contributed by atoms with E-state index in [0.717, 1.165) is 5.56 Å². The summed E-state index contributed by atoms with van der Waals surface area (Å²) in [5.41, 5.74) is 1.46. The Labute approximate surface area is 130 Å². The van der Waals surface area contributed by atoms with Crippen LogP contribution in [-0.2, 0) is 4.79 Å². The van der Waals surface area contributed by atoms with E-state index in [1.807, 2.05) is 52.0 Å². The molecule has 2 rings (SSSR count). The van der Waals surface area contributed by atoms with Crippen molar-refractivity contribution < 1.29 is 9.59 Å². The van der Waals surface area contributed by atoms with Gasteiger partial charge in [-0.3, -0.25) is 9.59 Å². The summed E-state index contributed by atoms with van der Waals surface area (Å²) in [5, 5.41) is 2.96. The molecular weight excluding hydrogens is 284 g/mol. The fourth-order valence-corrected chi connectivity index (χ4v) is 3.33. The highest BCUT2D eigenvalue weighted by Crippen LogP contribution is 2.24. The van der Waals surface area contributed by atoms with E-state index in [4.69, 9.17) is 0 Å². The van der Waals surface area contributed by atoms with Crippen LogP contribution in [0.2, 0.25) is 0 Å². The zero-order valence-electron chi connectivity index (χ0n) is 13.0. The van der Waals surface area contributed by atoms with Gasteiger partial charge in [0.15, 0.2) is 0 Å². The Balaban J connectivity index is 2.13. The first-order valence-corrected chi connectivity index (χ1v) is 8.21. The van der Waals surface area contributed by atoms with Crippen molar-refractivity contribution in [1.29, 1.82) is 0 Å².